The Morgan fingerprint density at radius 2 is 2.16 bits per heavy atom. The zero-order valence-electron chi connectivity index (χ0n) is 10.9. The summed E-state index contributed by atoms with van der Waals surface area (Å²) < 4.78 is 0. The monoisotopic (exact) mass is 282 g/mol. The average molecular weight is 282 g/mol. The number of amidine groups is 1. The van der Waals surface area contributed by atoms with Gasteiger partial charge in [-0.2, -0.15) is 5.10 Å². The Labute approximate surface area is 116 Å². The van der Waals surface area contributed by atoms with Gasteiger partial charge in [0.15, 0.2) is 5.17 Å². The van der Waals surface area contributed by atoms with Gasteiger partial charge in [0, 0.05) is 18.7 Å². The minimum absolute atomic E-state index is 0.112. The van der Waals surface area contributed by atoms with Gasteiger partial charge in [-0.15, -0.1) is 5.10 Å². The minimum Gasteiger partial charge on any atom is -0.356 e. The lowest BCUT2D eigenvalue weighted by atomic mass is 10.3. The second kappa shape index (κ2) is 6.70. The van der Waals surface area contributed by atoms with Crippen LogP contribution in [-0.2, 0) is 9.59 Å². The largest absolute Gasteiger partial charge is 0.356 e. The van der Waals surface area contributed by atoms with Gasteiger partial charge in [0.25, 0.3) is 0 Å². The highest BCUT2D eigenvalue weighted by Crippen LogP contribution is 2.23. The van der Waals surface area contributed by atoms with Crippen LogP contribution in [0.5, 0.6) is 0 Å². The van der Waals surface area contributed by atoms with Crippen molar-refractivity contribution in [3.8, 4) is 0 Å². The number of amides is 2. The lowest BCUT2D eigenvalue weighted by molar-refractivity contribution is -0.125. The molecule has 1 aliphatic carbocycles. The van der Waals surface area contributed by atoms with Crippen LogP contribution in [0, 0.1) is 0 Å². The summed E-state index contributed by atoms with van der Waals surface area (Å²) in [5, 5.41) is 13.7. The predicted octanol–water partition coefficient (Wildman–Crippen LogP) is 1.03. The minimum atomic E-state index is -0.394. The Hall–Kier alpha value is -1.37. The Kier molecular flexibility index (Phi) is 4.95. The summed E-state index contributed by atoms with van der Waals surface area (Å²) in [6.45, 7) is 2.43. The molecule has 2 N–H and O–H groups in total. The maximum absolute atomic E-state index is 11.7. The van der Waals surface area contributed by atoms with Crippen LogP contribution in [0.3, 0.4) is 0 Å². The van der Waals surface area contributed by atoms with E-state index in [1.165, 1.54) is 24.6 Å². The standard InChI is InChI=1S/C12H18N4O2S/c1-2-13-10(17)7-9-11(18)14-12(19-9)16-15-8-5-3-4-6-8/h9H,2-7H2,1H3,(H,13,17)(H,14,16,18). The normalized spacial score (nSPS) is 24.7. The first-order valence-electron chi connectivity index (χ1n) is 6.56. The summed E-state index contributed by atoms with van der Waals surface area (Å²) >= 11 is 1.28. The average Bonchev–Trinajstić information content (AvgIpc) is 2.98. The first-order valence-corrected chi connectivity index (χ1v) is 7.44. The van der Waals surface area contributed by atoms with Crippen LogP contribution < -0.4 is 10.6 Å². The number of carbonyl (C=O) groups is 2. The van der Waals surface area contributed by atoms with Crippen LogP contribution >= 0.6 is 11.8 Å². The van der Waals surface area contributed by atoms with Gasteiger partial charge in [0.1, 0.15) is 5.25 Å². The number of rotatable bonds is 4. The number of nitrogens with one attached hydrogen (secondary N) is 2. The van der Waals surface area contributed by atoms with Gasteiger partial charge in [-0.05, 0) is 32.6 Å². The fourth-order valence-electron chi connectivity index (χ4n) is 2.02. The van der Waals surface area contributed by atoms with Crippen LogP contribution in [0.25, 0.3) is 0 Å². The highest BCUT2D eigenvalue weighted by Gasteiger charge is 2.32. The van der Waals surface area contributed by atoms with Gasteiger partial charge in [-0.3, -0.25) is 9.59 Å². The molecule has 104 valence electrons. The van der Waals surface area contributed by atoms with Crippen LogP contribution in [0.2, 0.25) is 0 Å². The third-order valence-corrected chi connectivity index (χ3v) is 4.06. The summed E-state index contributed by atoms with van der Waals surface area (Å²) in [7, 11) is 0. The fourth-order valence-corrected chi connectivity index (χ4v) is 2.94. The van der Waals surface area contributed by atoms with E-state index in [1.807, 2.05) is 6.92 Å². The van der Waals surface area contributed by atoms with E-state index < -0.39 is 5.25 Å². The van der Waals surface area contributed by atoms with Gasteiger partial charge in [-0.25, -0.2) is 0 Å². The quantitative estimate of drug-likeness (QED) is 0.755. The Morgan fingerprint density at radius 3 is 2.84 bits per heavy atom. The van der Waals surface area contributed by atoms with Gasteiger partial charge >= 0.3 is 0 Å². The number of nitrogens with zero attached hydrogens (tertiary/aromatic N) is 2. The molecule has 2 fully saturated rings. The molecule has 1 atom stereocenters. The van der Waals surface area contributed by atoms with Crippen molar-refractivity contribution < 1.29 is 9.59 Å². The van der Waals surface area contributed by atoms with E-state index in [0.717, 1.165) is 18.6 Å². The van der Waals surface area contributed by atoms with Gasteiger partial charge in [0.05, 0.1) is 0 Å². The smallest absolute Gasteiger partial charge is 0.240 e. The van der Waals surface area contributed by atoms with Crippen LogP contribution in [0.4, 0.5) is 0 Å². The SMILES string of the molecule is CCNC(=O)CC1S/C(=N\N=C2CCCC2)NC1=O. The molecule has 0 spiro atoms. The summed E-state index contributed by atoms with van der Waals surface area (Å²) in [5.74, 6) is -0.278. The number of hydrogen-bond acceptors (Lipinski definition) is 5. The van der Waals surface area contributed by atoms with E-state index in [4.69, 9.17) is 0 Å². The number of hydrogen-bond donors (Lipinski definition) is 2. The van der Waals surface area contributed by atoms with Crippen molar-refractivity contribution in [1.29, 1.82) is 0 Å². The van der Waals surface area contributed by atoms with Crippen LogP contribution in [0.1, 0.15) is 39.0 Å². The molecule has 0 aromatic rings. The van der Waals surface area contributed by atoms with Crippen molar-refractivity contribution in [2.75, 3.05) is 6.54 Å². The van der Waals surface area contributed by atoms with E-state index in [1.54, 1.807) is 0 Å². The Bertz CT molecular complexity index is 425. The molecular formula is C12H18N4O2S. The van der Waals surface area contributed by atoms with Crippen molar-refractivity contribution in [2.45, 2.75) is 44.3 Å². The van der Waals surface area contributed by atoms with Gasteiger partial charge < -0.3 is 10.6 Å². The van der Waals surface area contributed by atoms with Gasteiger partial charge in [0.2, 0.25) is 11.8 Å². The molecule has 1 unspecified atom stereocenters. The molecule has 2 amide bonds. The molecule has 1 heterocycles. The molecule has 1 saturated heterocycles. The van der Waals surface area contributed by atoms with Gasteiger partial charge in [-0.1, -0.05) is 11.8 Å². The molecule has 0 aromatic heterocycles. The fraction of sp³-hybridized carbons (Fsp3) is 0.667. The Balaban J connectivity index is 1.89. The van der Waals surface area contributed by atoms with E-state index in [0.29, 0.717) is 11.7 Å². The lowest BCUT2D eigenvalue weighted by Crippen LogP contribution is -2.31. The van der Waals surface area contributed by atoms with E-state index in [2.05, 4.69) is 20.8 Å². The van der Waals surface area contributed by atoms with E-state index in [9.17, 15) is 9.59 Å². The maximum Gasteiger partial charge on any atom is 0.240 e. The lowest BCUT2D eigenvalue weighted by Gasteiger charge is -2.04. The third-order valence-electron chi connectivity index (χ3n) is 2.98. The number of carbonyl (C=O) groups excluding carboxylic acids is 2. The van der Waals surface area contributed by atoms with Crippen molar-refractivity contribution in [3.63, 3.8) is 0 Å². The molecular weight excluding hydrogens is 264 g/mol. The first kappa shape index (κ1) is 14.0. The molecule has 7 heteroatoms. The maximum atomic E-state index is 11.7. The summed E-state index contributed by atoms with van der Waals surface area (Å²) in [6.07, 6.45) is 4.52. The molecule has 0 aromatic carbocycles. The molecule has 19 heavy (non-hydrogen) atoms. The number of thioether (sulfide) groups is 1. The summed E-state index contributed by atoms with van der Waals surface area (Å²) in [6, 6.07) is 0. The second-order valence-corrected chi connectivity index (χ2v) is 5.72. The first-order chi connectivity index (χ1) is 9.19. The molecule has 0 radical (unpaired) electrons. The topological polar surface area (TPSA) is 82.9 Å². The summed E-state index contributed by atoms with van der Waals surface area (Å²) in [4.78, 5) is 23.1. The predicted molar refractivity (Wildman–Crippen MR) is 76.2 cm³/mol. The highest BCUT2D eigenvalue weighted by molar-refractivity contribution is 8.15. The van der Waals surface area contributed by atoms with Crippen molar-refractivity contribution in [1.82, 2.24) is 10.6 Å². The molecule has 2 aliphatic rings. The van der Waals surface area contributed by atoms with Crippen LogP contribution in [-0.4, -0.2) is 34.5 Å². The van der Waals surface area contributed by atoms with Crippen molar-refractivity contribution >= 4 is 34.5 Å². The second-order valence-electron chi connectivity index (χ2n) is 4.53. The molecule has 0 bridgehead atoms. The third kappa shape index (κ3) is 4.05. The van der Waals surface area contributed by atoms with Crippen molar-refractivity contribution in [3.05, 3.63) is 0 Å². The van der Waals surface area contributed by atoms with E-state index >= 15 is 0 Å². The molecule has 2 rings (SSSR count). The summed E-state index contributed by atoms with van der Waals surface area (Å²) in [5.41, 5.74) is 1.09. The zero-order valence-corrected chi connectivity index (χ0v) is 11.8. The Morgan fingerprint density at radius 1 is 1.42 bits per heavy atom. The molecule has 1 aliphatic heterocycles. The molecule has 6 nitrogen and oxygen atoms in total. The highest BCUT2D eigenvalue weighted by atomic mass is 32.2. The van der Waals surface area contributed by atoms with Crippen LogP contribution in [0.15, 0.2) is 10.2 Å². The van der Waals surface area contributed by atoms with E-state index in [-0.39, 0.29) is 18.2 Å². The van der Waals surface area contributed by atoms with Crippen molar-refractivity contribution in [2.24, 2.45) is 10.2 Å². The zero-order chi connectivity index (χ0) is 13.7. The molecule has 1 saturated carbocycles.